The van der Waals surface area contributed by atoms with Gasteiger partial charge in [-0.05, 0) is 109 Å². The number of hydrogen-bond acceptors (Lipinski definition) is 1. The second-order valence-corrected chi connectivity index (χ2v) is 16.3. The maximum absolute atomic E-state index is 4.73. The summed E-state index contributed by atoms with van der Waals surface area (Å²) in [7, 11) is 4.55. The van der Waals surface area contributed by atoms with Crippen LogP contribution in [0.3, 0.4) is 0 Å². The minimum absolute atomic E-state index is 0.761. The number of allylic oxidation sites excluding steroid dienone is 7. The summed E-state index contributed by atoms with van der Waals surface area (Å²) in [5.74, 6) is 1.63. The highest BCUT2D eigenvalue weighted by molar-refractivity contribution is 5.04. The Morgan fingerprint density at radius 1 is 0.551 bits per heavy atom. The summed E-state index contributed by atoms with van der Waals surface area (Å²) >= 11 is 0. The van der Waals surface area contributed by atoms with Crippen molar-refractivity contribution in [3.63, 3.8) is 0 Å². The van der Waals surface area contributed by atoms with Gasteiger partial charge in [0.1, 0.15) is 0 Å². The molecule has 0 aromatic heterocycles. The molecule has 1 aliphatic rings. The lowest BCUT2D eigenvalue weighted by Gasteiger charge is -2.35. The molecule has 49 heavy (non-hydrogen) atoms. The maximum Gasteiger partial charge on any atom is 0.00948 e. The van der Waals surface area contributed by atoms with Crippen molar-refractivity contribution in [1.82, 2.24) is 4.90 Å². The van der Waals surface area contributed by atoms with E-state index in [0.717, 1.165) is 24.3 Å². The van der Waals surface area contributed by atoms with E-state index in [2.05, 4.69) is 69.3 Å². The molecule has 1 nitrogen and oxygen atoms in total. The third kappa shape index (κ3) is 29.2. The van der Waals surface area contributed by atoms with Crippen molar-refractivity contribution >= 4 is 0 Å². The summed E-state index contributed by atoms with van der Waals surface area (Å²) in [6.07, 6.45) is 59.8. The number of rotatable bonds is 35. The Bertz CT molecular complexity index is 787. The van der Waals surface area contributed by atoms with E-state index in [0.29, 0.717) is 0 Å². The zero-order valence-corrected chi connectivity index (χ0v) is 34.2. The molecule has 1 saturated carbocycles. The van der Waals surface area contributed by atoms with Crippen LogP contribution in [-0.4, -0.2) is 25.0 Å². The molecule has 1 fully saturated rings. The SMILES string of the molecule is C=C(CC(CCCCCCCC/C=C\C/C=C\CCCCC)CCCCCCCC/C=C\CCCCCCCC)C1CCCC(N(C)C)C1. The summed E-state index contributed by atoms with van der Waals surface area (Å²) in [5, 5.41) is 0. The van der Waals surface area contributed by atoms with E-state index >= 15 is 0 Å². The standard InChI is InChI=1S/C48H89N/c1-6-8-10-12-14-16-18-20-22-24-26-28-30-32-34-36-39-46(43-45(3)47-41-38-42-48(44-47)49(4)5)40-37-35-33-31-29-27-25-23-21-19-17-15-13-11-9-7-2/h14,16,20-23,46-48H,3,6-13,15,17-19,24-44H2,1-2,4-5H3/b16-14-,22-20-,23-21-. The molecular weight excluding hydrogens is 591 g/mol. The van der Waals surface area contributed by atoms with Crippen molar-refractivity contribution in [3.8, 4) is 0 Å². The van der Waals surface area contributed by atoms with Crippen molar-refractivity contribution in [3.05, 3.63) is 48.6 Å². The Balaban J connectivity index is 2.23. The van der Waals surface area contributed by atoms with Crippen LogP contribution in [0.1, 0.15) is 226 Å². The molecule has 0 spiro atoms. The topological polar surface area (TPSA) is 3.24 Å². The van der Waals surface area contributed by atoms with E-state index in [4.69, 9.17) is 6.58 Å². The second-order valence-electron chi connectivity index (χ2n) is 16.3. The first-order valence-corrected chi connectivity index (χ1v) is 22.4. The van der Waals surface area contributed by atoms with Crippen LogP contribution in [0.4, 0.5) is 0 Å². The van der Waals surface area contributed by atoms with Gasteiger partial charge in [-0.3, -0.25) is 0 Å². The Kier molecular flexibility index (Phi) is 33.1. The average Bonchev–Trinajstić information content (AvgIpc) is 3.11. The molecular formula is C48H89N. The molecule has 0 heterocycles. The molecule has 0 saturated heterocycles. The number of nitrogens with zero attached hydrogens (tertiary/aromatic N) is 1. The number of hydrogen-bond donors (Lipinski definition) is 0. The van der Waals surface area contributed by atoms with Gasteiger partial charge in [-0.1, -0.05) is 191 Å². The van der Waals surface area contributed by atoms with Crippen molar-refractivity contribution in [1.29, 1.82) is 0 Å². The molecule has 0 radical (unpaired) electrons. The first-order valence-electron chi connectivity index (χ1n) is 22.4. The lowest BCUT2D eigenvalue weighted by molar-refractivity contribution is 0.196. The Labute approximate surface area is 310 Å². The van der Waals surface area contributed by atoms with E-state index < -0.39 is 0 Å². The van der Waals surface area contributed by atoms with Gasteiger partial charge in [0.25, 0.3) is 0 Å². The molecule has 1 aliphatic carbocycles. The molecule has 0 bridgehead atoms. The Morgan fingerprint density at radius 2 is 0.959 bits per heavy atom. The van der Waals surface area contributed by atoms with Crippen molar-refractivity contribution in [2.75, 3.05) is 14.1 Å². The van der Waals surface area contributed by atoms with E-state index in [1.165, 1.54) is 205 Å². The highest BCUT2D eigenvalue weighted by Gasteiger charge is 2.26. The fourth-order valence-corrected chi connectivity index (χ4v) is 7.99. The zero-order chi connectivity index (χ0) is 35.5. The Morgan fingerprint density at radius 3 is 1.45 bits per heavy atom. The van der Waals surface area contributed by atoms with Gasteiger partial charge in [0.15, 0.2) is 0 Å². The van der Waals surface area contributed by atoms with Crippen LogP contribution >= 0.6 is 0 Å². The van der Waals surface area contributed by atoms with Gasteiger partial charge >= 0.3 is 0 Å². The van der Waals surface area contributed by atoms with Crippen LogP contribution < -0.4 is 0 Å². The smallest absolute Gasteiger partial charge is 0.00948 e. The van der Waals surface area contributed by atoms with Gasteiger partial charge in [0.05, 0.1) is 0 Å². The molecule has 0 amide bonds. The van der Waals surface area contributed by atoms with Crippen molar-refractivity contribution in [2.45, 2.75) is 232 Å². The van der Waals surface area contributed by atoms with Crippen LogP contribution in [0.5, 0.6) is 0 Å². The normalized spacial score (nSPS) is 17.7. The fourth-order valence-electron chi connectivity index (χ4n) is 7.99. The first-order chi connectivity index (χ1) is 24.1. The maximum atomic E-state index is 4.73. The summed E-state index contributed by atoms with van der Waals surface area (Å²) in [6.45, 7) is 9.31. The van der Waals surface area contributed by atoms with Crippen molar-refractivity contribution in [2.24, 2.45) is 11.8 Å². The third-order valence-electron chi connectivity index (χ3n) is 11.4. The fraction of sp³-hybridized carbons (Fsp3) is 0.833. The molecule has 1 rings (SSSR count). The average molecular weight is 680 g/mol. The summed E-state index contributed by atoms with van der Waals surface area (Å²) in [6, 6.07) is 0.761. The molecule has 286 valence electrons. The van der Waals surface area contributed by atoms with Gasteiger partial charge in [0, 0.05) is 6.04 Å². The van der Waals surface area contributed by atoms with Gasteiger partial charge in [0.2, 0.25) is 0 Å². The molecule has 0 aliphatic heterocycles. The van der Waals surface area contributed by atoms with Gasteiger partial charge in [-0.15, -0.1) is 0 Å². The van der Waals surface area contributed by atoms with Crippen molar-refractivity contribution < 1.29 is 0 Å². The molecule has 0 aromatic carbocycles. The minimum Gasteiger partial charge on any atom is -0.306 e. The van der Waals surface area contributed by atoms with Crippen LogP contribution in [0.15, 0.2) is 48.6 Å². The van der Waals surface area contributed by atoms with Crippen LogP contribution in [-0.2, 0) is 0 Å². The zero-order valence-electron chi connectivity index (χ0n) is 34.2. The molecule has 0 N–H and O–H groups in total. The predicted molar refractivity (Wildman–Crippen MR) is 225 cm³/mol. The van der Waals surface area contributed by atoms with Crippen LogP contribution in [0.2, 0.25) is 0 Å². The highest BCUT2D eigenvalue weighted by Crippen LogP contribution is 2.36. The molecule has 0 aromatic rings. The second kappa shape index (κ2) is 35.3. The van der Waals surface area contributed by atoms with Gasteiger partial charge in [-0.2, -0.15) is 0 Å². The number of unbranched alkanes of at least 4 members (excludes halogenated alkanes) is 21. The van der Waals surface area contributed by atoms with Crippen LogP contribution in [0, 0.1) is 11.8 Å². The monoisotopic (exact) mass is 680 g/mol. The molecule has 1 heteroatoms. The van der Waals surface area contributed by atoms with Crippen LogP contribution in [0.25, 0.3) is 0 Å². The summed E-state index contributed by atoms with van der Waals surface area (Å²) in [5.41, 5.74) is 1.60. The lowest BCUT2D eigenvalue weighted by Crippen LogP contribution is -2.33. The Hall–Kier alpha value is -1.08. The first kappa shape index (κ1) is 45.9. The summed E-state index contributed by atoms with van der Waals surface area (Å²) in [4.78, 5) is 2.47. The highest BCUT2D eigenvalue weighted by atomic mass is 15.1. The summed E-state index contributed by atoms with van der Waals surface area (Å²) < 4.78 is 0. The van der Waals surface area contributed by atoms with Gasteiger partial charge < -0.3 is 4.90 Å². The quantitative estimate of drug-likeness (QED) is 0.0476. The molecule has 3 unspecified atom stereocenters. The van der Waals surface area contributed by atoms with E-state index in [-0.39, 0.29) is 0 Å². The van der Waals surface area contributed by atoms with E-state index in [9.17, 15) is 0 Å². The largest absolute Gasteiger partial charge is 0.306 e. The molecule has 3 atom stereocenters. The lowest BCUT2D eigenvalue weighted by atomic mass is 9.77. The predicted octanol–water partition coefficient (Wildman–Crippen LogP) is 16.3. The van der Waals surface area contributed by atoms with Gasteiger partial charge in [-0.25, -0.2) is 0 Å². The van der Waals surface area contributed by atoms with E-state index in [1.54, 1.807) is 5.57 Å². The minimum atomic E-state index is 0.761. The third-order valence-corrected chi connectivity index (χ3v) is 11.4. The van der Waals surface area contributed by atoms with E-state index in [1.807, 2.05) is 0 Å².